The second-order valence-electron chi connectivity index (χ2n) is 1.66. The maximum Gasteiger partial charge on any atom is 3.00 e. The first-order chi connectivity index (χ1) is 5.80. The number of nitrogens with one attached hydrogen (secondary N) is 1. The van der Waals surface area contributed by atoms with E-state index in [0.717, 1.165) is 0 Å². The van der Waals surface area contributed by atoms with Crippen LogP contribution in [0.25, 0.3) is 0 Å². The molecule has 0 saturated carbocycles. The van der Waals surface area contributed by atoms with Crippen LogP contribution in [-0.2, 0) is 10.4 Å². The Morgan fingerprint density at radius 2 is 1.80 bits per heavy atom. The molecule has 1 heterocycles. The van der Waals surface area contributed by atoms with Crippen molar-refractivity contribution in [1.29, 1.82) is 0 Å². The zero-order valence-corrected chi connectivity index (χ0v) is 9.62. The van der Waals surface area contributed by atoms with E-state index in [0.29, 0.717) is 0 Å². The summed E-state index contributed by atoms with van der Waals surface area (Å²) >= 11 is 0. The van der Waals surface area contributed by atoms with Gasteiger partial charge in [0.05, 0.1) is 24.2 Å². The molecule has 1 radical (unpaired) electrons. The number of aromatic nitrogens is 2. The fourth-order valence-corrected chi connectivity index (χ4v) is 0.368. The van der Waals surface area contributed by atoms with Gasteiger partial charge in [-0.2, -0.15) is 0 Å². The Hall–Kier alpha value is -0.217. The molecule has 0 saturated heterocycles. The molecule has 15 heavy (non-hydrogen) atoms. The number of carbonyl (C=O) groups is 1. The molecule has 0 aliphatic carbocycles. The molecule has 1 rings (SSSR count). The van der Waals surface area contributed by atoms with Gasteiger partial charge in [0.25, 0.3) is 0 Å². The van der Waals surface area contributed by atoms with Crippen molar-refractivity contribution >= 4 is 16.4 Å². The van der Waals surface area contributed by atoms with E-state index < -0.39 is 16.4 Å². The number of imidazole rings is 1. The molecule has 1 aromatic rings. The summed E-state index contributed by atoms with van der Waals surface area (Å²) in [6.45, 7) is 0. The normalized spacial score (nSPS) is 8.67. The summed E-state index contributed by atoms with van der Waals surface area (Å²) in [4.78, 5) is 15.7. The van der Waals surface area contributed by atoms with Crippen molar-refractivity contribution in [2.45, 2.75) is 0 Å². The molecule has 0 unspecified atom stereocenters. The summed E-state index contributed by atoms with van der Waals surface area (Å²) in [5.41, 5.74) is 0.00463. The van der Waals surface area contributed by atoms with E-state index in [1.165, 1.54) is 12.5 Å². The first-order valence-electron chi connectivity index (χ1n) is 2.67. The van der Waals surface area contributed by atoms with Crippen LogP contribution in [0.3, 0.4) is 0 Å². The fraction of sp³-hybridized carbons (Fsp3) is 0. The molecule has 11 heteroatoms. The van der Waals surface area contributed by atoms with Gasteiger partial charge in [0.1, 0.15) is 0 Å². The molecular formula is C4H5DyN2O7S. The number of nitrogens with zero attached hydrogens (tertiary/aromatic N) is 1. The third kappa shape index (κ3) is 16.5. The van der Waals surface area contributed by atoms with Gasteiger partial charge < -0.3 is 29.5 Å². The maximum atomic E-state index is 9.88. The van der Waals surface area contributed by atoms with E-state index >= 15 is 0 Å². The van der Waals surface area contributed by atoms with Crippen molar-refractivity contribution in [3.8, 4) is 0 Å². The minimum absolute atomic E-state index is 0. The van der Waals surface area contributed by atoms with Gasteiger partial charge in [-0.15, -0.1) is 0 Å². The minimum Gasteiger partial charge on any atom is -0.759 e. The number of rotatable bonds is 1. The average Bonchev–Trinajstić information content (AvgIpc) is 2.31. The van der Waals surface area contributed by atoms with Gasteiger partial charge in [0.15, 0.2) is 0 Å². The Labute approximate surface area is 115 Å². The van der Waals surface area contributed by atoms with Crippen LogP contribution in [0.5, 0.6) is 0 Å². The summed E-state index contributed by atoms with van der Waals surface area (Å²) in [5, 5.41) is 9.88. The SMILES string of the molecule is O.O=C([O-])c1cnc[nH]1.O=S(=O)([O-])[O-].[Dy+3]. The molecule has 0 aromatic carbocycles. The topological polar surface area (TPSA) is 181 Å². The van der Waals surface area contributed by atoms with Crippen LogP contribution in [0.15, 0.2) is 12.5 Å². The zero-order chi connectivity index (χ0) is 10.5. The Balaban J connectivity index is -0.000000185. The summed E-state index contributed by atoms with van der Waals surface area (Å²) in [7, 11) is -5.17. The van der Waals surface area contributed by atoms with Crippen LogP contribution in [0.2, 0.25) is 0 Å². The average molecular weight is 388 g/mol. The molecule has 89 valence electrons. The van der Waals surface area contributed by atoms with Gasteiger partial charge in [-0.1, -0.05) is 0 Å². The minimum atomic E-state index is -5.17. The molecule has 0 spiro atoms. The van der Waals surface area contributed by atoms with Gasteiger partial charge in [-0.25, -0.2) is 4.98 Å². The molecule has 0 aliphatic heterocycles. The molecule has 0 bridgehead atoms. The predicted molar refractivity (Wildman–Crippen MR) is 37.0 cm³/mol. The fourth-order valence-electron chi connectivity index (χ4n) is 0.368. The first kappa shape index (κ1) is 20.2. The van der Waals surface area contributed by atoms with Gasteiger partial charge in [0.2, 0.25) is 0 Å². The number of carboxylic acid groups (broad SMARTS) is 1. The number of hydrogen-bond acceptors (Lipinski definition) is 7. The second-order valence-corrected chi connectivity index (χ2v) is 2.48. The molecule has 0 aliphatic rings. The van der Waals surface area contributed by atoms with Crippen molar-refractivity contribution in [3.05, 3.63) is 18.2 Å². The summed E-state index contributed by atoms with van der Waals surface area (Å²) < 4.78 is 34.1. The van der Waals surface area contributed by atoms with Crippen LogP contribution >= 0.6 is 0 Å². The van der Waals surface area contributed by atoms with Gasteiger partial charge in [-0.3, -0.25) is 8.42 Å². The van der Waals surface area contributed by atoms with Gasteiger partial charge in [0, 0.05) is 10.4 Å². The molecule has 0 atom stereocenters. The van der Waals surface area contributed by atoms with Crippen LogP contribution in [0.1, 0.15) is 10.5 Å². The van der Waals surface area contributed by atoms with Crippen molar-refractivity contribution in [2.75, 3.05) is 0 Å². The Morgan fingerprint density at radius 3 is 1.93 bits per heavy atom. The third-order valence-electron chi connectivity index (χ3n) is 0.718. The van der Waals surface area contributed by atoms with Crippen molar-refractivity contribution in [2.24, 2.45) is 0 Å². The summed E-state index contributed by atoms with van der Waals surface area (Å²) in [5.74, 6) is -1.23. The smallest absolute Gasteiger partial charge is 0.759 e. The van der Waals surface area contributed by atoms with Gasteiger partial charge in [-0.05, 0) is 0 Å². The second kappa shape index (κ2) is 9.04. The number of H-pyrrole nitrogens is 1. The summed E-state index contributed by atoms with van der Waals surface area (Å²) in [6, 6.07) is 0. The largest absolute Gasteiger partial charge is 3.00 e. The Morgan fingerprint density at radius 1 is 1.40 bits per heavy atom. The van der Waals surface area contributed by atoms with Crippen LogP contribution < -0.4 is 5.11 Å². The van der Waals surface area contributed by atoms with Crippen molar-refractivity contribution < 1.29 is 71.1 Å². The number of aromatic amines is 1. The Bertz CT molecular complexity index is 352. The third-order valence-corrected chi connectivity index (χ3v) is 0.718. The van der Waals surface area contributed by atoms with Crippen LogP contribution in [0.4, 0.5) is 0 Å². The molecular weight excluding hydrogens is 383 g/mol. The quantitative estimate of drug-likeness (QED) is 0.385. The first-order valence-corrected chi connectivity index (χ1v) is 4.00. The molecule has 0 amide bonds. The molecule has 3 N–H and O–H groups in total. The molecule has 0 fully saturated rings. The standard InChI is InChI=1S/C4H4N2O2.Dy.H2O4S.H2O/c7-4(8)3-1-5-2-6-3;;1-5(2,3)4;/h1-2H,(H,5,6)(H,7,8);;(H2,1,2,3,4);1H2/q;+3;;/p-3. The number of carbonyl (C=O) groups excluding carboxylic acids is 1. The number of aromatic carboxylic acids is 1. The van der Waals surface area contributed by atoms with Crippen LogP contribution in [0, 0.1) is 38.2 Å². The number of carboxylic acids is 1. The monoisotopic (exact) mass is 389 g/mol. The van der Waals surface area contributed by atoms with E-state index in [-0.39, 0.29) is 49.3 Å². The Kier molecular flexibility index (Phi) is 12.2. The maximum absolute atomic E-state index is 9.88. The van der Waals surface area contributed by atoms with Crippen molar-refractivity contribution in [3.63, 3.8) is 0 Å². The van der Waals surface area contributed by atoms with E-state index in [1.807, 2.05) is 0 Å². The van der Waals surface area contributed by atoms with Crippen LogP contribution in [-0.4, -0.2) is 38.9 Å². The van der Waals surface area contributed by atoms with E-state index in [1.54, 1.807) is 0 Å². The van der Waals surface area contributed by atoms with E-state index in [2.05, 4.69) is 9.97 Å². The predicted octanol–water partition coefficient (Wildman–Crippen LogP) is -3.39. The molecule has 1 aromatic heterocycles. The van der Waals surface area contributed by atoms with Crippen molar-refractivity contribution in [1.82, 2.24) is 9.97 Å². The van der Waals surface area contributed by atoms with E-state index in [4.69, 9.17) is 17.5 Å². The number of hydrogen-bond donors (Lipinski definition) is 1. The molecule has 9 nitrogen and oxygen atoms in total. The summed E-state index contributed by atoms with van der Waals surface area (Å²) in [6.07, 6.45) is 2.47. The zero-order valence-electron chi connectivity index (χ0n) is 6.78. The van der Waals surface area contributed by atoms with E-state index in [9.17, 15) is 9.90 Å². The van der Waals surface area contributed by atoms with Gasteiger partial charge >= 0.3 is 38.2 Å².